The third-order valence-corrected chi connectivity index (χ3v) is 10.1. The molecule has 10 rings (SSSR count). The number of benzene rings is 6. The van der Waals surface area contributed by atoms with Gasteiger partial charge in [0.15, 0.2) is 11.6 Å². The quantitative estimate of drug-likeness (QED) is 0.185. The Balaban J connectivity index is 1.28. The van der Waals surface area contributed by atoms with Crippen LogP contribution in [0.25, 0.3) is 83.6 Å². The number of hydrogen-bond donors (Lipinski definition) is 0. The molecule has 3 aromatic heterocycles. The van der Waals surface area contributed by atoms with Crippen LogP contribution in [0.5, 0.6) is 0 Å². The van der Waals surface area contributed by atoms with Crippen molar-refractivity contribution in [3.63, 3.8) is 0 Å². The Kier molecular flexibility index (Phi) is 6.78. The Morgan fingerprint density at radius 3 is 1.67 bits per heavy atom. The van der Waals surface area contributed by atoms with E-state index in [0.29, 0.717) is 23.5 Å². The zero-order valence-corrected chi connectivity index (χ0v) is 28.1. The summed E-state index contributed by atoms with van der Waals surface area (Å²) in [5.41, 5.74) is 9.95. The number of aromatic nitrogens is 5. The van der Waals surface area contributed by atoms with Gasteiger partial charge in [-0.3, -0.25) is 4.57 Å². The first-order valence-electron chi connectivity index (χ1n) is 17.5. The highest BCUT2D eigenvalue weighted by Gasteiger charge is 2.23. The van der Waals surface area contributed by atoms with E-state index in [1.54, 1.807) is 0 Å². The van der Waals surface area contributed by atoms with Gasteiger partial charge in [0.25, 0.3) is 0 Å². The molecule has 0 radical (unpaired) electrons. The smallest absolute Gasteiger partial charge is 0.238 e. The topological polar surface area (TPSA) is 48.5 Å². The lowest BCUT2D eigenvalue weighted by atomic mass is 9.91. The highest BCUT2D eigenvalue weighted by Crippen LogP contribution is 2.41. The third-order valence-electron chi connectivity index (χ3n) is 10.1. The van der Waals surface area contributed by atoms with Gasteiger partial charge in [0, 0.05) is 38.4 Å². The summed E-state index contributed by atoms with van der Waals surface area (Å²) in [6.45, 7) is 2.26. The first-order chi connectivity index (χ1) is 25.2. The van der Waals surface area contributed by atoms with Crippen LogP contribution in [0, 0.1) is 5.92 Å². The fraction of sp³-hybridized carbons (Fsp3) is 0.0652. The molecule has 0 saturated heterocycles. The van der Waals surface area contributed by atoms with Crippen LogP contribution >= 0.6 is 0 Å². The summed E-state index contributed by atoms with van der Waals surface area (Å²) in [5.74, 6) is 2.39. The zero-order valence-electron chi connectivity index (χ0n) is 28.1. The SMILES string of the molecule is CC1C=CC=C(c2ccc(-c3nc(-c4ccccc4)nc(-n4c5ccccc5c5ccc6c7ccccc7n(-c7ccccc7)c6c54)n3)cc2)C1. The predicted octanol–water partition coefficient (Wildman–Crippen LogP) is 11.4. The molecule has 1 atom stereocenters. The van der Waals surface area contributed by atoms with Crippen molar-refractivity contribution in [2.45, 2.75) is 13.3 Å². The lowest BCUT2D eigenvalue weighted by Crippen LogP contribution is -2.07. The molecule has 6 aromatic carbocycles. The normalized spacial score (nSPS) is 14.5. The summed E-state index contributed by atoms with van der Waals surface area (Å²) in [6, 6.07) is 51.3. The molecule has 0 spiro atoms. The first kappa shape index (κ1) is 29.3. The minimum atomic E-state index is 0.530. The van der Waals surface area contributed by atoms with Gasteiger partial charge in [-0.25, -0.2) is 4.98 Å². The molecule has 0 saturated carbocycles. The Hall–Kier alpha value is -6.59. The largest absolute Gasteiger partial charge is 0.307 e. The maximum atomic E-state index is 5.29. The molecular weight excluding hydrogens is 623 g/mol. The van der Waals surface area contributed by atoms with Gasteiger partial charge in [0.2, 0.25) is 5.95 Å². The molecule has 1 aliphatic rings. The van der Waals surface area contributed by atoms with Crippen LogP contribution in [0.3, 0.4) is 0 Å². The lowest BCUT2D eigenvalue weighted by molar-refractivity contribution is 0.749. The van der Waals surface area contributed by atoms with E-state index in [1.807, 2.05) is 18.2 Å². The van der Waals surface area contributed by atoms with Crippen LogP contribution in [0.4, 0.5) is 0 Å². The maximum Gasteiger partial charge on any atom is 0.238 e. The van der Waals surface area contributed by atoms with Crippen LogP contribution in [-0.2, 0) is 0 Å². The highest BCUT2D eigenvalue weighted by molar-refractivity contribution is 6.23. The predicted molar refractivity (Wildman–Crippen MR) is 210 cm³/mol. The van der Waals surface area contributed by atoms with Crippen LogP contribution in [0.15, 0.2) is 164 Å². The van der Waals surface area contributed by atoms with Crippen molar-refractivity contribution in [1.29, 1.82) is 0 Å². The fourth-order valence-electron chi connectivity index (χ4n) is 7.76. The first-order valence-corrected chi connectivity index (χ1v) is 17.5. The van der Waals surface area contributed by atoms with E-state index < -0.39 is 0 Å². The van der Waals surface area contributed by atoms with Gasteiger partial charge in [-0.2, -0.15) is 9.97 Å². The molecule has 9 aromatic rings. The second-order valence-electron chi connectivity index (χ2n) is 13.4. The maximum absolute atomic E-state index is 5.29. The monoisotopic (exact) mass is 655 g/mol. The van der Waals surface area contributed by atoms with E-state index in [1.165, 1.54) is 21.9 Å². The average Bonchev–Trinajstić information content (AvgIpc) is 3.72. The van der Waals surface area contributed by atoms with Crippen LogP contribution in [0.1, 0.15) is 18.9 Å². The zero-order chi connectivity index (χ0) is 33.9. The second-order valence-corrected chi connectivity index (χ2v) is 13.4. The summed E-state index contributed by atoms with van der Waals surface area (Å²) < 4.78 is 4.63. The molecule has 0 amide bonds. The minimum absolute atomic E-state index is 0.530. The number of nitrogens with zero attached hydrogens (tertiary/aromatic N) is 5. The standard InChI is InChI=1S/C46H33N5/c1-30-13-12-16-34(29-30)31-23-25-33(26-24-31)45-47-44(32-14-4-2-5-15-32)48-46(49-45)51-41-22-11-9-20-37(41)39-28-27-38-36-19-8-10-21-40(36)50(42(38)43(39)51)35-17-6-3-7-18-35/h2-28,30H,29H2,1H3. The number of fused-ring (bicyclic) bond motifs is 7. The van der Waals surface area contributed by atoms with Crippen LogP contribution < -0.4 is 0 Å². The van der Waals surface area contributed by atoms with Crippen LogP contribution in [-0.4, -0.2) is 24.1 Å². The molecular formula is C46H33N5. The summed E-state index contributed by atoms with van der Waals surface area (Å²) >= 11 is 0. The number of rotatable bonds is 5. The van der Waals surface area contributed by atoms with Crippen molar-refractivity contribution in [2.75, 3.05) is 0 Å². The molecule has 1 unspecified atom stereocenters. The van der Waals surface area contributed by atoms with E-state index in [9.17, 15) is 0 Å². The van der Waals surface area contributed by atoms with Gasteiger partial charge in [0.1, 0.15) is 0 Å². The van der Waals surface area contributed by atoms with Crippen molar-refractivity contribution in [1.82, 2.24) is 24.1 Å². The molecule has 0 fully saturated rings. The molecule has 1 aliphatic carbocycles. The van der Waals surface area contributed by atoms with Crippen molar-refractivity contribution < 1.29 is 0 Å². The van der Waals surface area contributed by atoms with E-state index in [0.717, 1.165) is 56.1 Å². The Morgan fingerprint density at radius 2 is 1.02 bits per heavy atom. The van der Waals surface area contributed by atoms with Crippen molar-refractivity contribution in [3.8, 4) is 34.4 Å². The second kappa shape index (κ2) is 11.8. The summed E-state index contributed by atoms with van der Waals surface area (Å²) in [4.78, 5) is 15.6. The lowest BCUT2D eigenvalue weighted by Gasteiger charge is -2.15. The molecule has 0 aliphatic heterocycles. The molecule has 5 nitrogen and oxygen atoms in total. The molecule has 3 heterocycles. The summed E-state index contributed by atoms with van der Waals surface area (Å²) in [5, 5.41) is 4.68. The van der Waals surface area contributed by atoms with Crippen molar-refractivity contribution in [3.05, 3.63) is 169 Å². The summed E-state index contributed by atoms with van der Waals surface area (Å²) in [7, 11) is 0. The Labute approximate surface area is 295 Å². The molecule has 0 bridgehead atoms. The van der Waals surface area contributed by atoms with Crippen LogP contribution in [0.2, 0.25) is 0 Å². The van der Waals surface area contributed by atoms with E-state index in [2.05, 4.69) is 162 Å². The van der Waals surface area contributed by atoms with E-state index in [-0.39, 0.29) is 0 Å². The third kappa shape index (κ3) is 4.81. The van der Waals surface area contributed by atoms with Gasteiger partial charge in [-0.05, 0) is 47.7 Å². The highest BCUT2D eigenvalue weighted by atomic mass is 15.2. The summed E-state index contributed by atoms with van der Waals surface area (Å²) in [6.07, 6.45) is 7.69. The number of para-hydroxylation sites is 3. The van der Waals surface area contributed by atoms with Gasteiger partial charge >= 0.3 is 0 Å². The van der Waals surface area contributed by atoms with Gasteiger partial charge < -0.3 is 4.57 Å². The van der Waals surface area contributed by atoms with Crippen molar-refractivity contribution in [2.24, 2.45) is 5.92 Å². The van der Waals surface area contributed by atoms with E-state index >= 15 is 0 Å². The number of hydrogen-bond acceptors (Lipinski definition) is 3. The van der Waals surface area contributed by atoms with Gasteiger partial charge in [-0.15, -0.1) is 0 Å². The molecule has 0 N–H and O–H groups in total. The molecule has 5 heteroatoms. The van der Waals surface area contributed by atoms with E-state index in [4.69, 9.17) is 15.0 Å². The number of allylic oxidation sites excluding steroid dienone is 4. The Morgan fingerprint density at radius 1 is 0.490 bits per heavy atom. The molecule has 242 valence electrons. The van der Waals surface area contributed by atoms with Crippen molar-refractivity contribution >= 4 is 49.2 Å². The van der Waals surface area contributed by atoms with Gasteiger partial charge in [-0.1, -0.05) is 146 Å². The average molecular weight is 656 g/mol. The fourth-order valence-corrected chi connectivity index (χ4v) is 7.76. The van der Waals surface area contributed by atoms with Gasteiger partial charge in [0.05, 0.1) is 22.1 Å². The molecule has 51 heavy (non-hydrogen) atoms. The minimum Gasteiger partial charge on any atom is -0.307 e. The Bertz CT molecular complexity index is 2820.